The molecule has 3 aromatic rings. The van der Waals surface area contributed by atoms with E-state index in [1.807, 2.05) is 37.4 Å². The number of benzene rings is 2. The van der Waals surface area contributed by atoms with E-state index in [1.54, 1.807) is 18.2 Å². The first-order valence-electron chi connectivity index (χ1n) is 10.3. The first-order valence-corrected chi connectivity index (χ1v) is 11.7. The topological polar surface area (TPSA) is 106 Å². The molecule has 2 aromatic carbocycles. The van der Waals surface area contributed by atoms with Gasteiger partial charge in [-0.2, -0.15) is 4.31 Å². The van der Waals surface area contributed by atoms with Crippen LogP contribution in [0.2, 0.25) is 0 Å². The van der Waals surface area contributed by atoms with Gasteiger partial charge in [0.25, 0.3) is 5.91 Å². The van der Waals surface area contributed by atoms with Gasteiger partial charge in [-0.1, -0.05) is 42.5 Å². The van der Waals surface area contributed by atoms with Gasteiger partial charge in [-0.3, -0.25) is 4.79 Å². The number of sulfonamides is 1. The van der Waals surface area contributed by atoms with Crippen LogP contribution in [0.1, 0.15) is 21.5 Å². The normalized spacial score (nSPS) is 17.4. The van der Waals surface area contributed by atoms with Crippen molar-refractivity contribution < 1.29 is 18.3 Å². The molecular formula is C23H22N4O4S. The molecule has 2 aliphatic heterocycles. The Morgan fingerprint density at radius 2 is 1.62 bits per heavy atom. The van der Waals surface area contributed by atoms with Crippen LogP contribution in [0.3, 0.4) is 0 Å². The fourth-order valence-electron chi connectivity index (χ4n) is 4.16. The van der Waals surface area contributed by atoms with E-state index in [0.717, 1.165) is 0 Å². The summed E-state index contributed by atoms with van der Waals surface area (Å²) < 4.78 is 27.8. The average Bonchev–Trinajstić information content (AvgIpc) is 3.33. The van der Waals surface area contributed by atoms with Gasteiger partial charge in [-0.05, 0) is 19.2 Å². The van der Waals surface area contributed by atoms with Crippen LogP contribution in [0.4, 0.5) is 0 Å². The number of nitrogens with zero attached hydrogens (tertiary/aromatic N) is 3. The minimum atomic E-state index is -3.67. The Kier molecular flexibility index (Phi) is 4.96. The maximum atomic E-state index is 13.2. The highest BCUT2D eigenvalue weighted by Crippen LogP contribution is 2.38. The molecule has 5 rings (SSSR count). The molecule has 0 aliphatic carbocycles. The number of carbonyl (C=O) groups excluding carboxylic acids is 1. The number of aliphatic imine (C=N–C) groups is 1. The van der Waals surface area contributed by atoms with Gasteiger partial charge in [0, 0.05) is 37.3 Å². The number of nitrogens with one attached hydrogen (secondary N) is 1. The SMILES string of the molecule is CN1CCN(S(=O)(=O)c2cccc(-c3[nH]c(O)c4c3C(=O)N=C4c3ccccc3)c2)CC1. The molecule has 0 atom stereocenters. The number of H-pyrrole nitrogens is 1. The molecule has 0 radical (unpaired) electrons. The summed E-state index contributed by atoms with van der Waals surface area (Å²) in [6.07, 6.45) is 0. The number of hydrogen-bond donors (Lipinski definition) is 2. The van der Waals surface area contributed by atoms with E-state index in [9.17, 15) is 18.3 Å². The molecule has 2 aliphatic rings. The maximum Gasteiger partial charge on any atom is 0.280 e. The Balaban J connectivity index is 1.55. The first kappa shape index (κ1) is 20.6. The highest BCUT2D eigenvalue weighted by atomic mass is 32.2. The molecule has 1 aromatic heterocycles. The summed E-state index contributed by atoms with van der Waals surface area (Å²) in [6, 6.07) is 15.6. The van der Waals surface area contributed by atoms with Crippen molar-refractivity contribution in [3.8, 4) is 17.1 Å². The number of aromatic hydroxyl groups is 1. The zero-order chi connectivity index (χ0) is 22.5. The van der Waals surface area contributed by atoms with Crippen molar-refractivity contribution in [2.45, 2.75) is 4.90 Å². The van der Waals surface area contributed by atoms with Gasteiger partial charge in [0.2, 0.25) is 10.0 Å². The number of aromatic nitrogens is 1. The van der Waals surface area contributed by atoms with Crippen molar-refractivity contribution in [2.24, 2.45) is 4.99 Å². The number of hydrogen-bond acceptors (Lipinski definition) is 5. The van der Waals surface area contributed by atoms with Gasteiger partial charge in [0.05, 0.1) is 27.4 Å². The number of fused-ring (bicyclic) bond motifs is 1. The Morgan fingerprint density at radius 1 is 0.938 bits per heavy atom. The smallest absolute Gasteiger partial charge is 0.280 e. The second-order valence-electron chi connectivity index (χ2n) is 7.97. The Hall–Kier alpha value is -3.27. The second kappa shape index (κ2) is 7.70. The molecule has 0 bridgehead atoms. The minimum Gasteiger partial charge on any atom is -0.494 e. The summed E-state index contributed by atoms with van der Waals surface area (Å²) in [7, 11) is -1.71. The number of piperazine rings is 1. The van der Waals surface area contributed by atoms with Gasteiger partial charge >= 0.3 is 0 Å². The van der Waals surface area contributed by atoms with E-state index in [0.29, 0.717) is 54.3 Å². The molecular weight excluding hydrogens is 428 g/mol. The molecule has 0 saturated carbocycles. The second-order valence-corrected chi connectivity index (χ2v) is 9.90. The fraction of sp³-hybridized carbons (Fsp3) is 0.217. The minimum absolute atomic E-state index is 0.150. The molecule has 3 heterocycles. The molecule has 32 heavy (non-hydrogen) atoms. The monoisotopic (exact) mass is 450 g/mol. The van der Waals surface area contributed by atoms with Crippen LogP contribution in [0, 0.1) is 0 Å². The fourth-order valence-corrected chi connectivity index (χ4v) is 5.62. The Labute approximate surface area is 185 Å². The molecule has 9 heteroatoms. The van der Waals surface area contributed by atoms with E-state index in [2.05, 4.69) is 14.9 Å². The van der Waals surface area contributed by atoms with Crippen LogP contribution in [-0.4, -0.2) is 72.6 Å². The molecule has 1 amide bonds. The van der Waals surface area contributed by atoms with Crippen molar-refractivity contribution in [2.75, 3.05) is 33.2 Å². The zero-order valence-corrected chi connectivity index (χ0v) is 18.3. The summed E-state index contributed by atoms with van der Waals surface area (Å²) in [6.45, 7) is 2.19. The lowest BCUT2D eigenvalue weighted by Gasteiger charge is -2.31. The van der Waals surface area contributed by atoms with Gasteiger partial charge in [-0.25, -0.2) is 13.4 Å². The van der Waals surface area contributed by atoms with E-state index in [4.69, 9.17) is 0 Å². The van der Waals surface area contributed by atoms with Gasteiger partial charge in [0.15, 0.2) is 5.88 Å². The summed E-state index contributed by atoms with van der Waals surface area (Å²) in [5, 5.41) is 10.6. The lowest BCUT2D eigenvalue weighted by molar-refractivity contribution is 0.101. The van der Waals surface area contributed by atoms with Crippen molar-refractivity contribution >= 4 is 21.6 Å². The molecule has 164 valence electrons. The highest BCUT2D eigenvalue weighted by Gasteiger charge is 2.34. The van der Waals surface area contributed by atoms with E-state index >= 15 is 0 Å². The summed E-state index contributed by atoms with van der Waals surface area (Å²) in [5.74, 6) is -0.645. The van der Waals surface area contributed by atoms with Crippen LogP contribution < -0.4 is 0 Å². The predicted molar refractivity (Wildman–Crippen MR) is 121 cm³/mol. The van der Waals surface area contributed by atoms with Crippen molar-refractivity contribution in [3.63, 3.8) is 0 Å². The predicted octanol–water partition coefficient (Wildman–Crippen LogP) is 2.31. The van der Waals surface area contributed by atoms with Gasteiger partial charge in [0.1, 0.15) is 0 Å². The van der Waals surface area contributed by atoms with Crippen LogP contribution in [0.25, 0.3) is 11.3 Å². The molecule has 0 unspecified atom stereocenters. The van der Waals surface area contributed by atoms with Crippen LogP contribution in [0.15, 0.2) is 64.5 Å². The van der Waals surface area contributed by atoms with Crippen molar-refractivity contribution in [1.29, 1.82) is 0 Å². The average molecular weight is 451 g/mol. The summed E-state index contributed by atoms with van der Waals surface area (Å²) in [4.78, 5) is 22.0. The third-order valence-electron chi connectivity index (χ3n) is 5.91. The van der Waals surface area contributed by atoms with Crippen LogP contribution in [-0.2, 0) is 10.0 Å². The first-order chi connectivity index (χ1) is 15.4. The van der Waals surface area contributed by atoms with Gasteiger partial charge < -0.3 is 15.0 Å². The number of aromatic amines is 1. The molecule has 1 saturated heterocycles. The lowest BCUT2D eigenvalue weighted by Crippen LogP contribution is -2.47. The van der Waals surface area contributed by atoms with Gasteiger partial charge in [-0.15, -0.1) is 0 Å². The Bertz CT molecular complexity index is 1340. The number of carbonyl (C=O) groups is 1. The maximum absolute atomic E-state index is 13.2. The Morgan fingerprint density at radius 3 is 2.34 bits per heavy atom. The summed E-state index contributed by atoms with van der Waals surface area (Å²) in [5.41, 5.74) is 2.54. The third kappa shape index (κ3) is 3.35. The number of likely N-dealkylation sites (N-methyl/N-ethyl adjacent to an activating group) is 1. The van der Waals surface area contributed by atoms with E-state index in [1.165, 1.54) is 10.4 Å². The molecule has 1 fully saturated rings. The highest BCUT2D eigenvalue weighted by molar-refractivity contribution is 7.89. The van der Waals surface area contributed by atoms with Crippen molar-refractivity contribution in [3.05, 3.63) is 71.3 Å². The third-order valence-corrected chi connectivity index (χ3v) is 7.81. The lowest BCUT2D eigenvalue weighted by atomic mass is 10.0. The van der Waals surface area contributed by atoms with Crippen LogP contribution in [0.5, 0.6) is 5.88 Å². The van der Waals surface area contributed by atoms with E-state index < -0.39 is 15.9 Å². The van der Waals surface area contributed by atoms with Crippen molar-refractivity contribution in [1.82, 2.24) is 14.2 Å². The summed E-state index contributed by atoms with van der Waals surface area (Å²) >= 11 is 0. The largest absolute Gasteiger partial charge is 0.494 e. The molecule has 8 nitrogen and oxygen atoms in total. The standard InChI is InChI=1S/C23H22N4O4S/c1-26-10-12-27(13-11-26)32(30,31)17-9-5-8-16(14-17)21-19-18(22(28)25-21)20(24-23(19)29)15-6-3-2-4-7-15/h2-9,14,25,28H,10-13H2,1H3. The number of rotatable bonds is 4. The zero-order valence-electron chi connectivity index (χ0n) is 17.4. The molecule has 0 spiro atoms. The van der Waals surface area contributed by atoms with Crippen LogP contribution >= 0.6 is 0 Å². The molecule has 2 N–H and O–H groups in total. The number of amides is 1. The quantitative estimate of drug-likeness (QED) is 0.635. The van der Waals surface area contributed by atoms with E-state index in [-0.39, 0.29) is 16.3 Å².